The van der Waals surface area contributed by atoms with Crippen molar-refractivity contribution in [2.24, 2.45) is 5.92 Å². The Morgan fingerprint density at radius 2 is 2.31 bits per heavy atom. The summed E-state index contributed by atoms with van der Waals surface area (Å²) in [4.78, 5) is 1.25. The highest BCUT2D eigenvalue weighted by Crippen LogP contribution is 2.30. The lowest BCUT2D eigenvalue weighted by atomic mass is 10.1. The Morgan fingerprint density at radius 3 is 2.69 bits per heavy atom. The summed E-state index contributed by atoms with van der Waals surface area (Å²) >= 11 is 1.73. The van der Waals surface area contributed by atoms with Gasteiger partial charge in [-0.2, -0.15) is 0 Å². The van der Waals surface area contributed by atoms with Crippen molar-refractivity contribution < 1.29 is 0 Å². The van der Waals surface area contributed by atoms with Gasteiger partial charge in [-0.3, -0.25) is 0 Å². The van der Waals surface area contributed by atoms with Gasteiger partial charge in [-0.1, -0.05) is 26.8 Å². The quantitative estimate of drug-likeness (QED) is 0.780. The minimum atomic E-state index is 0.594. The molecule has 1 rings (SSSR count). The molecule has 0 aliphatic rings. The molecule has 2 heteroatoms. The molecule has 0 aromatic carbocycles. The smallest absolute Gasteiger partial charge is 0.0528 e. The number of thiophene rings is 1. The molecule has 13 heavy (non-hydrogen) atoms. The van der Waals surface area contributed by atoms with Crippen molar-refractivity contribution in [2.75, 3.05) is 5.73 Å². The zero-order chi connectivity index (χ0) is 9.84. The average Bonchev–Trinajstić information content (AvgIpc) is 2.47. The van der Waals surface area contributed by atoms with Crippen molar-refractivity contribution in [3.05, 3.63) is 22.4 Å². The molecule has 0 aliphatic carbocycles. The van der Waals surface area contributed by atoms with Gasteiger partial charge in [0.2, 0.25) is 0 Å². The molecule has 2 N–H and O–H groups in total. The predicted octanol–water partition coefficient (Wildman–Crippen LogP) is 3.78. The van der Waals surface area contributed by atoms with E-state index in [1.165, 1.54) is 10.5 Å². The summed E-state index contributed by atoms with van der Waals surface area (Å²) in [6.45, 7) is 6.56. The van der Waals surface area contributed by atoms with Crippen LogP contribution < -0.4 is 5.73 Å². The maximum absolute atomic E-state index is 5.86. The molecule has 1 aromatic heterocycles. The van der Waals surface area contributed by atoms with Crippen LogP contribution in [0, 0.1) is 5.92 Å². The first-order valence-corrected chi connectivity index (χ1v) is 5.57. The van der Waals surface area contributed by atoms with Crippen LogP contribution in [-0.2, 0) is 0 Å². The minimum absolute atomic E-state index is 0.594. The average molecular weight is 195 g/mol. The highest BCUT2D eigenvalue weighted by Gasteiger charge is 2.05. The Hall–Kier alpha value is -0.760. The SMILES string of the molecule is CCC(=CC(C)C)c1sccc1N. The van der Waals surface area contributed by atoms with Gasteiger partial charge in [-0.25, -0.2) is 0 Å². The third-order valence-corrected chi connectivity index (χ3v) is 2.91. The number of allylic oxidation sites excluding steroid dienone is 2. The topological polar surface area (TPSA) is 26.0 Å². The van der Waals surface area contributed by atoms with E-state index < -0.39 is 0 Å². The molecule has 72 valence electrons. The lowest BCUT2D eigenvalue weighted by Crippen LogP contribution is -1.89. The van der Waals surface area contributed by atoms with Crippen molar-refractivity contribution in [1.29, 1.82) is 0 Å². The number of hydrogen-bond donors (Lipinski definition) is 1. The molecule has 0 atom stereocenters. The molecule has 0 aliphatic heterocycles. The Labute approximate surface area is 84.3 Å². The summed E-state index contributed by atoms with van der Waals surface area (Å²) in [6.07, 6.45) is 3.35. The van der Waals surface area contributed by atoms with E-state index in [0.29, 0.717) is 5.92 Å². The van der Waals surface area contributed by atoms with Crippen LogP contribution in [0.2, 0.25) is 0 Å². The first-order chi connectivity index (χ1) is 6.15. The Bertz CT molecular complexity index is 297. The van der Waals surface area contributed by atoms with Crippen molar-refractivity contribution in [3.63, 3.8) is 0 Å². The van der Waals surface area contributed by atoms with Gasteiger partial charge in [0.1, 0.15) is 0 Å². The number of nitrogen functional groups attached to an aromatic ring is 1. The summed E-state index contributed by atoms with van der Waals surface area (Å²) in [5.41, 5.74) is 8.16. The summed E-state index contributed by atoms with van der Waals surface area (Å²) < 4.78 is 0. The predicted molar refractivity (Wildman–Crippen MR) is 61.8 cm³/mol. The van der Waals surface area contributed by atoms with Crippen molar-refractivity contribution in [2.45, 2.75) is 27.2 Å². The standard InChI is InChI=1S/C11H17NS/c1-4-9(7-8(2)3)11-10(12)5-6-13-11/h5-8H,4,12H2,1-3H3. The van der Waals surface area contributed by atoms with Crippen LogP contribution in [0.3, 0.4) is 0 Å². The van der Waals surface area contributed by atoms with E-state index in [1.54, 1.807) is 11.3 Å². The number of rotatable bonds is 3. The molecule has 0 saturated heterocycles. The van der Waals surface area contributed by atoms with E-state index in [9.17, 15) is 0 Å². The monoisotopic (exact) mass is 195 g/mol. The Balaban J connectivity index is 2.97. The lowest BCUT2D eigenvalue weighted by Gasteiger charge is -2.05. The van der Waals surface area contributed by atoms with Crippen LogP contribution >= 0.6 is 11.3 Å². The van der Waals surface area contributed by atoms with Crippen LogP contribution in [0.15, 0.2) is 17.5 Å². The molecule has 0 saturated carbocycles. The molecular formula is C11H17NS. The van der Waals surface area contributed by atoms with Gasteiger partial charge >= 0.3 is 0 Å². The van der Waals surface area contributed by atoms with Crippen LogP contribution in [-0.4, -0.2) is 0 Å². The first kappa shape index (κ1) is 10.3. The second-order valence-electron chi connectivity index (χ2n) is 3.49. The third kappa shape index (κ3) is 2.59. The fraction of sp³-hybridized carbons (Fsp3) is 0.455. The van der Waals surface area contributed by atoms with E-state index >= 15 is 0 Å². The van der Waals surface area contributed by atoms with E-state index in [1.807, 2.05) is 6.07 Å². The molecule has 1 heterocycles. The van der Waals surface area contributed by atoms with Gasteiger partial charge in [0.25, 0.3) is 0 Å². The molecule has 1 nitrogen and oxygen atoms in total. The molecule has 0 bridgehead atoms. The number of anilines is 1. The third-order valence-electron chi connectivity index (χ3n) is 1.90. The fourth-order valence-electron chi connectivity index (χ4n) is 1.34. The lowest BCUT2D eigenvalue weighted by molar-refractivity contribution is 0.830. The van der Waals surface area contributed by atoms with Gasteiger partial charge < -0.3 is 5.73 Å². The normalized spacial score (nSPS) is 12.5. The van der Waals surface area contributed by atoms with Gasteiger partial charge in [0.05, 0.1) is 4.88 Å². The molecule has 0 radical (unpaired) electrons. The second kappa shape index (κ2) is 4.47. The van der Waals surface area contributed by atoms with Crippen LogP contribution in [0.4, 0.5) is 5.69 Å². The second-order valence-corrected chi connectivity index (χ2v) is 4.41. The maximum Gasteiger partial charge on any atom is 0.0528 e. The molecule has 1 aromatic rings. The van der Waals surface area contributed by atoms with E-state index in [2.05, 4.69) is 32.2 Å². The Kier molecular flexibility index (Phi) is 3.55. The minimum Gasteiger partial charge on any atom is -0.398 e. The van der Waals surface area contributed by atoms with Crippen LogP contribution in [0.25, 0.3) is 5.57 Å². The molecule has 0 unspecified atom stereocenters. The van der Waals surface area contributed by atoms with E-state index in [-0.39, 0.29) is 0 Å². The maximum atomic E-state index is 5.86. The summed E-state index contributed by atoms with van der Waals surface area (Å²) in [5.74, 6) is 0.594. The molecule has 0 fully saturated rings. The summed E-state index contributed by atoms with van der Waals surface area (Å²) in [6, 6.07) is 1.98. The zero-order valence-electron chi connectivity index (χ0n) is 8.50. The summed E-state index contributed by atoms with van der Waals surface area (Å²) in [7, 11) is 0. The van der Waals surface area contributed by atoms with Crippen molar-refractivity contribution in [1.82, 2.24) is 0 Å². The number of nitrogens with two attached hydrogens (primary N) is 1. The largest absolute Gasteiger partial charge is 0.398 e. The van der Waals surface area contributed by atoms with E-state index in [4.69, 9.17) is 5.73 Å². The van der Waals surface area contributed by atoms with Gasteiger partial charge in [-0.05, 0) is 29.4 Å². The fourth-order valence-corrected chi connectivity index (χ4v) is 2.26. The van der Waals surface area contributed by atoms with Crippen molar-refractivity contribution >= 4 is 22.6 Å². The van der Waals surface area contributed by atoms with Crippen molar-refractivity contribution in [3.8, 4) is 0 Å². The first-order valence-electron chi connectivity index (χ1n) is 4.69. The highest BCUT2D eigenvalue weighted by atomic mass is 32.1. The molecular weight excluding hydrogens is 178 g/mol. The summed E-state index contributed by atoms with van der Waals surface area (Å²) in [5, 5.41) is 2.05. The van der Waals surface area contributed by atoms with E-state index in [0.717, 1.165) is 12.1 Å². The molecule has 0 spiro atoms. The number of hydrogen-bond acceptors (Lipinski definition) is 2. The Morgan fingerprint density at radius 1 is 1.62 bits per heavy atom. The van der Waals surface area contributed by atoms with Gasteiger partial charge in [-0.15, -0.1) is 11.3 Å². The van der Waals surface area contributed by atoms with Gasteiger partial charge in [0, 0.05) is 5.69 Å². The zero-order valence-corrected chi connectivity index (χ0v) is 9.32. The van der Waals surface area contributed by atoms with Crippen LogP contribution in [0.5, 0.6) is 0 Å². The molecule has 0 amide bonds. The highest BCUT2D eigenvalue weighted by molar-refractivity contribution is 7.11. The van der Waals surface area contributed by atoms with Gasteiger partial charge in [0.15, 0.2) is 0 Å². The van der Waals surface area contributed by atoms with Crippen LogP contribution in [0.1, 0.15) is 32.1 Å².